The number of carboxylic acids is 2. The van der Waals surface area contributed by atoms with Crippen LogP contribution in [0.1, 0.15) is 26.7 Å². The van der Waals surface area contributed by atoms with Gasteiger partial charge in [-0.15, -0.1) is 0 Å². The van der Waals surface area contributed by atoms with Gasteiger partial charge < -0.3 is 31.9 Å². The second-order valence-electron chi connectivity index (χ2n) is 6.72. The average molecular weight is 453 g/mol. The minimum atomic E-state index is -1.49. The zero-order valence-electron chi connectivity index (χ0n) is 16.1. The SMILES string of the molecule is CC(C)CC(NC(=O)C(CS)NC(=O)C(CC(=O)O)NC(=O)C(N)CS)C(=O)O. The van der Waals surface area contributed by atoms with Crippen LogP contribution in [0, 0.1) is 5.92 Å². The molecule has 0 rings (SSSR count). The molecule has 0 aliphatic carbocycles. The molecule has 3 amide bonds. The first-order valence-electron chi connectivity index (χ1n) is 8.75. The summed E-state index contributed by atoms with van der Waals surface area (Å²) >= 11 is 7.83. The van der Waals surface area contributed by atoms with Gasteiger partial charge in [0.1, 0.15) is 18.1 Å². The molecule has 0 saturated heterocycles. The Morgan fingerprint density at radius 1 is 0.828 bits per heavy atom. The van der Waals surface area contributed by atoms with E-state index in [0.717, 1.165) is 0 Å². The highest BCUT2D eigenvalue weighted by Gasteiger charge is 2.30. The number of aliphatic carboxylic acids is 2. The number of nitrogens with two attached hydrogens (primary N) is 1. The van der Waals surface area contributed by atoms with Gasteiger partial charge in [-0.1, -0.05) is 13.8 Å². The molecule has 0 fully saturated rings. The van der Waals surface area contributed by atoms with E-state index < -0.39 is 60.2 Å². The molecule has 29 heavy (non-hydrogen) atoms. The van der Waals surface area contributed by atoms with E-state index in [1.54, 1.807) is 13.8 Å². The largest absolute Gasteiger partial charge is 0.481 e. The Balaban J connectivity index is 5.21. The zero-order valence-corrected chi connectivity index (χ0v) is 17.9. The third-order valence-electron chi connectivity index (χ3n) is 3.68. The molecule has 0 aromatic rings. The highest BCUT2D eigenvalue weighted by atomic mass is 32.1. The third-order valence-corrected chi connectivity index (χ3v) is 4.44. The van der Waals surface area contributed by atoms with E-state index in [2.05, 4.69) is 41.2 Å². The lowest BCUT2D eigenvalue weighted by Crippen LogP contribution is -2.58. The lowest BCUT2D eigenvalue weighted by atomic mass is 10.0. The summed E-state index contributed by atoms with van der Waals surface area (Å²) in [5.41, 5.74) is 5.49. The molecule has 13 heteroatoms. The number of hydrogen-bond acceptors (Lipinski definition) is 8. The second kappa shape index (κ2) is 13.3. The van der Waals surface area contributed by atoms with Gasteiger partial charge in [-0.05, 0) is 12.3 Å². The minimum absolute atomic E-state index is 0.00774. The molecule has 0 radical (unpaired) electrons. The summed E-state index contributed by atoms with van der Waals surface area (Å²) in [6.45, 7) is 3.57. The fraction of sp³-hybridized carbons (Fsp3) is 0.688. The number of amides is 3. The Kier molecular flexibility index (Phi) is 12.4. The lowest BCUT2D eigenvalue weighted by Gasteiger charge is -2.24. The van der Waals surface area contributed by atoms with Gasteiger partial charge in [0.25, 0.3) is 0 Å². The fourth-order valence-corrected chi connectivity index (χ4v) is 2.60. The van der Waals surface area contributed by atoms with Crippen molar-refractivity contribution in [3.63, 3.8) is 0 Å². The van der Waals surface area contributed by atoms with Gasteiger partial charge in [-0.3, -0.25) is 19.2 Å². The maximum Gasteiger partial charge on any atom is 0.326 e. The van der Waals surface area contributed by atoms with Crippen molar-refractivity contribution in [1.82, 2.24) is 16.0 Å². The van der Waals surface area contributed by atoms with Crippen LogP contribution in [0.3, 0.4) is 0 Å². The number of nitrogens with one attached hydrogen (secondary N) is 3. The first-order valence-corrected chi connectivity index (χ1v) is 10.0. The first kappa shape index (κ1) is 27.0. The van der Waals surface area contributed by atoms with E-state index in [4.69, 9.17) is 10.8 Å². The van der Waals surface area contributed by atoms with E-state index in [9.17, 15) is 29.1 Å². The number of carbonyl (C=O) groups excluding carboxylic acids is 3. The third kappa shape index (κ3) is 10.4. The summed E-state index contributed by atoms with van der Waals surface area (Å²) in [4.78, 5) is 58.9. The van der Waals surface area contributed by atoms with Gasteiger partial charge in [0.2, 0.25) is 17.7 Å². The Hall–Kier alpha value is -1.99. The number of carboxylic acid groups (broad SMARTS) is 2. The van der Waals surface area contributed by atoms with Gasteiger partial charge in [-0.25, -0.2) is 4.79 Å². The Bertz CT molecular complexity index is 618. The van der Waals surface area contributed by atoms with Crippen molar-refractivity contribution >= 4 is 54.9 Å². The zero-order chi connectivity index (χ0) is 22.7. The lowest BCUT2D eigenvalue weighted by molar-refractivity contribution is -0.143. The molecule has 4 unspecified atom stereocenters. The van der Waals surface area contributed by atoms with Crippen LogP contribution in [0.15, 0.2) is 0 Å². The summed E-state index contributed by atoms with van der Waals surface area (Å²) in [5, 5.41) is 25.0. The summed E-state index contributed by atoms with van der Waals surface area (Å²) < 4.78 is 0. The Morgan fingerprint density at radius 3 is 1.72 bits per heavy atom. The van der Waals surface area contributed by atoms with Crippen LogP contribution in [0.2, 0.25) is 0 Å². The average Bonchev–Trinajstić information content (AvgIpc) is 2.62. The number of hydrogen-bond donors (Lipinski definition) is 8. The summed E-state index contributed by atoms with van der Waals surface area (Å²) in [6.07, 6.45) is -0.573. The van der Waals surface area contributed by atoms with E-state index in [-0.39, 0.29) is 23.8 Å². The van der Waals surface area contributed by atoms with Gasteiger partial charge in [-0.2, -0.15) is 25.3 Å². The van der Waals surface area contributed by atoms with Crippen molar-refractivity contribution in [2.75, 3.05) is 11.5 Å². The van der Waals surface area contributed by atoms with Gasteiger partial charge >= 0.3 is 11.9 Å². The van der Waals surface area contributed by atoms with E-state index >= 15 is 0 Å². The van der Waals surface area contributed by atoms with Crippen LogP contribution in [-0.2, 0) is 24.0 Å². The number of rotatable bonds is 13. The van der Waals surface area contributed by atoms with E-state index in [1.807, 2.05) is 0 Å². The summed E-state index contributed by atoms with van der Waals surface area (Å²) in [6, 6.07) is -4.96. The molecule has 0 saturated carbocycles. The first-order chi connectivity index (χ1) is 13.4. The molecule has 4 atom stereocenters. The second-order valence-corrected chi connectivity index (χ2v) is 7.45. The quantitative estimate of drug-likeness (QED) is 0.151. The van der Waals surface area contributed by atoms with Crippen molar-refractivity contribution in [1.29, 1.82) is 0 Å². The topological polar surface area (TPSA) is 188 Å². The number of carbonyl (C=O) groups is 5. The fourth-order valence-electron chi connectivity index (χ4n) is 2.18. The van der Waals surface area contributed by atoms with Crippen LogP contribution in [0.25, 0.3) is 0 Å². The molecule has 0 aliphatic rings. The molecule has 11 nitrogen and oxygen atoms in total. The van der Waals surface area contributed by atoms with Crippen LogP contribution in [0.4, 0.5) is 0 Å². The molecule has 0 bridgehead atoms. The molecule has 0 aliphatic heterocycles. The Morgan fingerprint density at radius 2 is 1.31 bits per heavy atom. The monoisotopic (exact) mass is 452 g/mol. The maximum absolute atomic E-state index is 12.4. The molecule has 0 aromatic carbocycles. The summed E-state index contributed by atoms with van der Waals surface area (Å²) in [7, 11) is 0. The minimum Gasteiger partial charge on any atom is -0.481 e. The highest BCUT2D eigenvalue weighted by molar-refractivity contribution is 7.80. The molecule has 0 heterocycles. The van der Waals surface area contributed by atoms with Crippen LogP contribution >= 0.6 is 25.3 Å². The predicted octanol–water partition coefficient (Wildman–Crippen LogP) is -1.77. The van der Waals surface area contributed by atoms with Gasteiger partial charge in [0.05, 0.1) is 12.5 Å². The molecular weight excluding hydrogens is 424 g/mol. The molecule has 0 aromatic heterocycles. The predicted molar refractivity (Wildman–Crippen MR) is 111 cm³/mol. The standard InChI is InChI=1S/C16H28N4O7S2/c1-7(2)3-10(16(26)27)19-15(25)11(6-29)20-14(24)9(4-12(21)22)18-13(23)8(17)5-28/h7-11,28-29H,3-6,17H2,1-2H3,(H,18,23)(H,19,25)(H,20,24)(H,21,22)(H,26,27). The normalized spacial score (nSPS) is 15.0. The van der Waals surface area contributed by atoms with Crippen molar-refractivity contribution in [3.05, 3.63) is 0 Å². The van der Waals surface area contributed by atoms with Gasteiger partial charge in [0, 0.05) is 11.5 Å². The van der Waals surface area contributed by atoms with E-state index in [1.165, 1.54) is 0 Å². The smallest absolute Gasteiger partial charge is 0.326 e. The van der Waals surface area contributed by atoms with Crippen molar-refractivity contribution in [2.45, 2.75) is 50.9 Å². The molecule has 166 valence electrons. The number of thiol groups is 2. The van der Waals surface area contributed by atoms with Crippen LogP contribution in [0.5, 0.6) is 0 Å². The Labute approximate surface area is 179 Å². The molecular formula is C16H28N4O7S2. The van der Waals surface area contributed by atoms with E-state index in [0.29, 0.717) is 0 Å². The molecule has 0 spiro atoms. The van der Waals surface area contributed by atoms with Crippen molar-refractivity contribution in [2.24, 2.45) is 11.7 Å². The van der Waals surface area contributed by atoms with Crippen LogP contribution < -0.4 is 21.7 Å². The highest BCUT2D eigenvalue weighted by Crippen LogP contribution is 2.06. The van der Waals surface area contributed by atoms with Crippen molar-refractivity contribution in [3.8, 4) is 0 Å². The van der Waals surface area contributed by atoms with Crippen molar-refractivity contribution < 1.29 is 34.2 Å². The maximum atomic E-state index is 12.4. The van der Waals surface area contributed by atoms with Crippen LogP contribution in [-0.4, -0.2) is 75.5 Å². The summed E-state index contributed by atoms with van der Waals surface area (Å²) in [5.74, 6) is -5.34. The van der Waals surface area contributed by atoms with Gasteiger partial charge in [0.15, 0.2) is 0 Å². The molecule has 7 N–H and O–H groups in total.